The molecule has 5 nitrogen and oxygen atoms in total. The number of rotatable bonds is 4. The highest BCUT2D eigenvalue weighted by Crippen LogP contribution is 2.31. The Hall–Kier alpha value is -1.36. The summed E-state index contributed by atoms with van der Waals surface area (Å²) in [6, 6.07) is 0.255. The van der Waals surface area contributed by atoms with Crippen LogP contribution in [0.15, 0.2) is 12.4 Å². The number of likely N-dealkylation sites (tertiary alicyclic amines) is 1. The molecule has 118 valence electrons. The third kappa shape index (κ3) is 3.64. The van der Waals surface area contributed by atoms with Gasteiger partial charge in [-0.15, -0.1) is 0 Å². The van der Waals surface area contributed by atoms with Crippen LogP contribution in [0, 0.1) is 5.92 Å². The molecule has 1 aromatic heterocycles. The highest BCUT2D eigenvalue weighted by Gasteiger charge is 2.33. The fourth-order valence-corrected chi connectivity index (χ4v) is 3.00. The minimum atomic E-state index is -0.0464. The van der Waals surface area contributed by atoms with Crippen molar-refractivity contribution in [2.24, 2.45) is 11.7 Å². The maximum absolute atomic E-state index is 12.5. The molecule has 1 fully saturated rings. The Morgan fingerprint density at radius 3 is 2.67 bits per heavy atom. The first-order valence-electron chi connectivity index (χ1n) is 7.99. The highest BCUT2D eigenvalue weighted by molar-refractivity contribution is 5.77. The van der Waals surface area contributed by atoms with E-state index in [1.807, 2.05) is 22.0 Å². The number of carbonyl (C=O) groups excluding carboxylic acids is 1. The number of amides is 1. The van der Waals surface area contributed by atoms with Gasteiger partial charge < -0.3 is 10.6 Å². The molecule has 2 atom stereocenters. The molecule has 1 amide bonds. The summed E-state index contributed by atoms with van der Waals surface area (Å²) < 4.78 is 1.94. The summed E-state index contributed by atoms with van der Waals surface area (Å²) in [5.41, 5.74) is 7.46. The van der Waals surface area contributed by atoms with Gasteiger partial charge in [0.15, 0.2) is 0 Å². The van der Waals surface area contributed by atoms with Crippen LogP contribution < -0.4 is 5.73 Å². The molecule has 1 saturated heterocycles. The van der Waals surface area contributed by atoms with E-state index in [9.17, 15) is 4.79 Å². The van der Waals surface area contributed by atoms with Crippen LogP contribution in [0.25, 0.3) is 0 Å². The van der Waals surface area contributed by atoms with Crippen LogP contribution in [-0.2, 0) is 4.79 Å². The molecule has 21 heavy (non-hydrogen) atoms. The Labute approximate surface area is 127 Å². The van der Waals surface area contributed by atoms with Gasteiger partial charge in [-0.25, -0.2) is 0 Å². The Balaban J connectivity index is 2.33. The van der Waals surface area contributed by atoms with Gasteiger partial charge in [0, 0.05) is 36.8 Å². The number of hydrogen-bond acceptors (Lipinski definition) is 3. The van der Waals surface area contributed by atoms with Gasteiger partial charge in [-0.3, -0.25) is 9.48 Å². The van der Waals surface area contributed by atoms with Crippen molar-refractivity contribution in [1.82, 2.24) is 14.7 Å². The summed E-state index contributed by atoms with van der Waals surface area (Å²) in [6.07, 6.45) is 6.29. The molecule has 2 rings (SSSR count). The third-order valence-corrected chi connectivity index (χ3v) is 4.04. The van der Waals surface area contributed by atoms with Gasteiger partial charge in [-0.2, -0.15) is 5.10 Å². The van der Waals surface area contributed by atoms with E-state index in [4.69, 9.17) is 5.73 Å². The maximum Gasteiger partial charge on any atom is 0.223 e. The molecule has 0 aliphatic carbocycles. The average Bonchev–Trinajstić information content (AvgIpc) is 2.82. The predicted molar refractivity (Wildman–Crippen MR) is 83.7 cm³/mol. The largest absolute Gasteiger partial charge is 0.334 e. The van der Waals surface area contributed by atoms with Crippen LogP contribution in [-0.4, -0.2) is 33.2 Å². The predicted octanol–water partition coefficient (Wildman–Crippen LogP) is 2.50. The quantitative estimate of drug-likeness (QED) is 0.927. The van der Waals surface area contributed by atoms with Crippen molar-refractivity contribution in [3.8, 4) is 0 Å². The van der Waals surface area contributed by atoms with Gasteiger partial charge in [-0.05, 0) is 32.6 Å². The lowest BCUT2D eigenvalue weighted by atomic mass is 9.98. The van der Waals surface area contributed by atoms with Gasteiger partial charge in [0.1, 0.15) is 0 Å². The Morgan fingerprint density at radius 1 is 1.38 bits per heavy atom. The van der Waals surface area contributed by atoms with Crippen LogP contribution >= 0.6 is 0 Å². The number of aromatic nitrogens is 2. The molecule has 1 aliphatic heterocycles. The van der Waals surface area contributed by atoms with E-state index in [0.29, 0.717) is 18.4 Å². The fraction of sp³-hybridized carbons (Fsp3) is 0.750. The molecule has 0 spiro atoms. The summed E-state index contributed by atoms with van der Waals surface area (Å²) in [7, 11) is 0. The second kappa shape index (κ2) is 6.60. The Morgan fingerprint density at radius 2 is 2.10 bits per heavy atom. The van der Waals surface area contributed by atoms with Crippen molar-refractivity contribution in [3.05, 3.63) is 18.0 Å². The summed E-state index contributed by atoms with van der Waals surface area (Å²) in [5, 5.41) is 4.42. The van der Waals surface area contributed by atoms with Crippen molar-refractivity contribution in [3.63, 3.8) is 0 Å². The van der Waals surface area contributed by atoms with Crippen molar-refractivity contribution in [2.75, 3.05) is 6.54 Å². The number of carbonyl (C=O) groups is 1. The first-order valence-corrected chi connectivity index (χ1v) is 7.99. The van der Waals surface area contributed by atoms with Crippen molar-refractivity contribution >= 4 is 5.91 Å². The van der Waals surface area contributed by atoms with Crippen LogP contribution in [0.2, 0.25) is 0 Å². The molecular weight excluding hydrogens is 264 g/mol. The minimum Gasteiger partial charge on any atom is -0.334 e. The van der Waals surface area contributed by atoms with Crippen LogP contribution in [0.4, 0.5) is 0 Å². The van der Waals surface area contributed by atoms with Crippen LogP contribution in [0.5, 0.6) is 0 Å². The second-order valence-corrected chi connectivity index (χ2v) is 6.79. The van der Waals surface area contributed by atoms with E-state index in [1.165, 1.54) is 0 Å². The zero-order valence-electron chi connectivity index (χ0n) is 13.6. The van der Waals surface area contributed by atoms with Crippen molar-refractivity contribution < 1.29 is 4.79 Å². The third-order valence-electron chi connectivity index (χ3n) is 4.04. The lowest BCUT2D eigenvalue weighted by Crippen LogP contribution is -2.43. The van der Waals surface area contributed by atoms with Gasteiger partial charge in [0.25, 0.3) is 0 Å². The fourth-order valence-electron chi connectivity index (χ4n) is 3.00. The molecule has 0 radical (unpaired) electrons. The van der Waals surface area contributed by atoms with Gasteiger partial charge in [0.2, 0.25) is 5.91 Å². The molecule has 1 aromatic rings. The lowest BCUT2D eigenvalue weighted by Gasteiger charge is -2.34. The van der Waals surface area contributed by atoms with E-state index in [1.54, 1.807) is 0 Å². The summed E-state index contributed by atoms with van der Waals surface area (Å²) in [5.74, 6) is 0.654. The normalized spacial score (nSPS) is 24.0. The zero-order valence-corrected chi connectivity index (χ0v) is 13.6. The smallest absolute Gasteiger partial charge is 0.223 e. The van der Waals surface area contributed by atoms with E-state index in [2.05, 4.69) is 32.8 Å². The second-order valence-electron chi connectivity index (χ2n) is 6.79. The standard InChI is InChI=1S/C16H28N4O/c1-11(2)9-19-15(21)7-5-6-14(17)16(19)13-8-18-20(10-13)12(3)4/h8,10-12,14,16H,5-7,9,17H2,1-4H3. The van der Waals surface area contributed by atoms with Crippen molar-refractivity contribution in [2.45, 2.75) is 65.1 Å². The van der Waals surface area contributed by atoms with E-state index in [-0.39, 0.29) is 18.0 Å². The molecule has 2 unspecified atom stereocenters. The first-order chi connectivity index (χ1) is 9.90. The molecule has 2 N–H and O–H groups in total. The van der Waals surface area contributed by atoms with Crippen LogP contribution in [0.1, 0.15) is 64.6 Å². The highest BCUT2D eigenvalue weighted by atomic mass is 16.2. The topological polar surface area (TPSA) is 64.2 Å². The van der Waals surface area contributed by atoms with E-state index >= 15 is 0 Å². The van der Waals surface area contributed by atoms with Crippen molar-refractivity contribution in [1.29, 1.82) is 0 Å². The molecular formula is C16H28N4O. The SMILES string of the molecule is CC(C)CN1C(=O)CCCC(N)C1c1cnn(C(C)C)c1. The molecule has 5 heteroatoms. The first kappa shape index (κ1) is 16.0. The molecule has 0 aromatic carbocycles. The molecule has 0 saturated carbocycles. The molecule has 1 aliphatic rings. The monoisotopic (exact) mass is 292 g/mol. The summed E-state index contributed by atoms with van der Waals surface area (Å²) in [4.78, 5) is 14.4. The molecule has 2 heterocycles. The lowest BCUT2D eigenvalue weighted by molar-refractivity contribution is -0.133. The van der Waals surface area contributed by atoms with E-state index < -0.39 is 0 Å². The van der Waals surface area contributed by atoms with Gasteiger partial charge >= 0.3 is 0 Å². The van der Waals surface area contributed by atoms with Gasteiger partial charge in [0.05, 0.1) is 12.2 Å². The van der Waals surface area contributed by atoms with Crippen LogP contribution in [0.3, 0.4) is 0 Å². The number of hydrogen-bond donors (Lipinski definition) is 1. The Kier molecular flexibility index (Phi) is 5.04. The van der Waals surface area contributed by atoms with E-state index in [0.717, 1.165) is 24.9 Å². The zero-order chi connectivity index (χ0) is 15.6. The summed E-state index contributed by atoms with van der Waals surface area (Å²) in [6.45, 7) is 9.22. The minimum absolute atomic E-state index is 0.0139. The number of nitrogens with two attached hydrogens (primary N) is 1. The Bertz CT molecular complexity index is 480. The van der Waals surface area contributed by atoms with Gasteiger partial charge in [-0.1, -0.05) is 13.8 Å². The summed E-state index contributed by atoms with van der Waals surface area (Å²) >= 11 is 0. The molecule has 0 bridgehead atoms. The number of nitrogens with zero attached hydrogens (tertiary/aromatic N) is 3. The average molecular weight is 292 g/mol. The maximum atomic E-state index is 12.5.